The topological polar surface area (TPSA) is 50.3 Å². The number of benzene rings is 2. The van der Waals surface area contributed by atoms with E-state index in [-0.39, 0.29) is 10.1 Å². The lowest BCUT2D eigenvalue weighted by Gasteiger charge is -2.16. The molecule has 2 aromatic carbocycles. The van der Waals surface area contributed by atoms with Gasteiger partial charge in [-0.05, 0) is 36.6 Å². The van der Waals surface area contributed by atoms with Gasteiger partial charge in [-0.25, -0.2) is 13.4 Å². The van der Waals surface area contributed by atoms with Crippen LogP contribution >= 0.6 is 11.3 Å². The number of thiazole rings is 1. The molecule has 1 aromatic heterocycles. The fraction of sp³-hybridized carbons (Fsp3) is 0.278. The van der Waals surface area contributed by atoms with Gasteiger partial charge in [0, 0.05) is 18.8 Å². The number of aromatic nitrogens is 1. The van der Waals surface area contributed by atoms with Gasteiger partial charge in [-0.15, -0.1) is 11.3 Å². The average molecular weight is 358 g/mol. The first-order valence-corrected chi connectivity index (χ1v) is 10.5. The highest BCUT2D eigenvalue weighted by Gasteiger charge is 2.21. The minimum atomic E-state index is -3.41. The normalized spacial score (nSPS) is 15.2. The third-order valence-corrected chi connectivity index (χ3v) is 7.45. The highest BCUT2D eigenvalue weighted by Crippen LogP contribution is 2.31. The summed E-state index contributed by atoms with van der Waals surface area (Å²) in [4.78, 5) is 6.70. The Bertz CT molecular complexity index is 959. The summed E-state index contributed by atoms with van der Waals surface area (Å²) in [6, 6.07) is 15.3. The van der Waals surface area contributed by atoms with Gasteiger partial charge in [-0.3, -0.25) is 0 Å². The first kappa shape index (κ1) is 15.6. The second kappa shape index (κ2) is 6.18. The Balaban J connectivity index is 1.66. The van der Waals surface area contributed by atoms with Crippen LogP contribution in [0.3, 0.4) is 0 Å². The molecule has 0 bridgehead atoms. The van der Waals surface area contributed by atoms with Crippen molar-refractivity contribution in [2.45, 2.75) is 22.9 Å². The number of sulfone groups is 1. The summed E-state index contributed by atoms with van der Waals surface area (Å²) in [5, 5.41) is 0. The van der Waals surface area contributed by atoms with Crippen LogP contribution < -0.4 is 4.90 Å². The van der Waals surface area contributed by atoms with Gasteiger partial charge in [0.05, 0.1) is 16.0 Å². The Kier molecular flexibility index (Phi) is 4.02. The number of hydrogen-bond donors (Lipinski definition) is 0. The molecule has 6 heteroatoms. The molecule has 0 aliphatic carbocycles. The molecule has 24 heavy (non-hydrogen) atoms. The molecular weight excluding hydrogens is 340 g/mol. The van der Waals surface area contributed by atoms with Crippen molar-refractivity contribution in [1.82, 2.24) is 4.98 Å². The molecule has 0 spiro atoms. The SMILES string of the molecule is O=S(=O)(Cc1ccccc1)c1nc2ccc(N3CCCC3)cc2s1. The van der Waals surface area contributed by atoms with E-state index in [1.54, 1.807) is 0 Å². The summed E-state index contributed by atoms with van der Waals surface area (Å²) in [5.74, 6) is -0.00730. The van der Waals surface area contributed by atoms with Crippen LogP contribution in [0.25, 0.3) is 10.2 Å². The van der Waals surface area contributed by atoms with Gasteiger partial charge in [0.25, 0.3) is 0 Å². The molecule has 0 atom stereocenters. The lowest BCUT2D eigenvalue weighted by molar-refractivity contribution is 0.594. The van der Waals surface area contributed by atoms with Gasteiger partial charge in [0.15, 0.2) is 0 Å². The van der Waals surface area contributed by atoms with Crippen molar-refractivity contribution in [3.8, 4) is 0 Å². The van der Waals surface area contributed by atoms with Crippen molar-refractivity contribution in [2.75, 3.05) is 18.0 Å². The molecule has 4 rings (SSSR count). The Hall–Kier alpha value is -1.92. The second-order valence-corrected chi connectivity index (χ2v) is 9.26. The van der Waals surface area contributed by atoms with Gasteiger partial charge in [0.1, 0.15) is 0 Å². The van der Waals surface area contributed by atoms with Crippen LogP contribution in [-0.4, -0.2) is 26.5 Å². The van der Waals surface area contributed by atoms with Crippen LogP contribution in [0.5, 0.6) is 0 Å². The molecule has 0 amide bonds. The van der Waals surface area contributed by atoms with Crippen LogP contribution in [0, 0.1) is 0 Å². The van der Waals surface area contributed by atoms with Gasteiger partial charge in [0.2, 0.25) is 14.2 Å². The lowest BCUT2D eigenvalue weighted by atomic mass is 10.2. The molecule has 1 aliphatic heterocycles. The maximum Gasteiger partial charge on any atom is 0.210 e. The van der Waals surface area contributed by atoms with Crippen molar-refractivity contribution in [3.05, 3.63) is 54.1 Å². The maximum atomic E-state index is 12.6. The monoisotopic (exact) mass is 358 g/mol. The third-order valence-electron chi connectivity index (χ3n) is 4.29. The minimum Gasteiger partial charge on any atom is -0.371 e. The van der Waals surface area contributed by atoms with Crippen molar-refractivity contribution in [1.29, 1.82) is 0 Å². The maximum absolute atomic E-state index is 12.6. The second-order valence-electron chi connectivity index (χ2n) is 6.07. The molecular formula is C18H18N2O2S2. The van der Waals surface area contributed by atoms with E-state index in [1.165, 1.54) is 24.2 Å². The fourth-order valence-corrected chi connectivity index (χ4v) is 5.73. The van der Waals surface area contributed by atoms with Crippen LogP contribution in [0.4, 0.5) is 5.69 Å². The number of rotatable bonds is 4. The van der Waals surface area contributed by atoms with Crippen molar-refractivity contribution < 1.29 is 8.42 Å². The molecule has 1 aliphatic rings. The zero-order valence-corrected chi connectivity index (χ0v) is 14.8. The molecule has 0 unspecified atom stereocenters. The Morgan fingerprint density at radius 2 is 1.79 bits per heavy atom. The number of hydrogen-bond acceptors (Lipinski definition) is 5. The van der Waals surface area contributed by atoms with E-state index < -0.39 is 9.84 Å². The summed E-state index contributed by atoms with van der Waals surface area (Å²) < 4.78 is 26.4. The van der Waals surface area contributed by atoms with E-state index >= 15 is 0 Å². The highest BCUT2D eigenvalue weighted by molar-refractivity contribution is 7.92. The summed E-state index contributed by atoms with van der Waals surface area (Å²) in [6.45, 7) is 2.15. The fourth-order valence-electron chi connectivity index (χ4n) is 3.05. The smallest absolute Gasteiger partial charge is 0.210 e. The summed E-state index contributed by atoms with van der Waals surface area (Å²) in [6.07, 6.45) is 2.44. The minimum absolute atomic E-state index is 0.00730. The van der Waals surface area contributed by atoms with Crippen molar-refractivity contribution in [3.63, 3.8) is 0 Å². The third kappa shape index (κ3) is 3.03. The Labute approximate surface area is 145 Å². The molecule has 1 saturated heterocycles. The summed E-state index contributed by atoms with van der Waals surface area (Å²) >= 11 is 1.27. The summed E-state index contributed by atoms with van der Waals surface area (Å²) in [5.41, 5.74) is 2.71. The average Bonchev–Trinajstić information content (AvgIpc) is 3.24. The predicted octanol–water partition coefficient (Wildman–Crippen LogP) is 3.87. The first-order valence-electron chi connectivity index (χ1n) is 8.04. The van der Waals surface area contributed by atoms with Crippen molar-refractivity contribution >= 4 is 37.1 Å². The lowest BCUT2D eigenvalue weighted by Crippen LogP contribution is -2.17. The van der Waals surface area contributed by atoms with Gasteiger partial charge in [-0.2, -0.15) is 0 Å². The highest BCUT2D eigenvalue weighted by atomic mass is 32.2. The molecule has 124 valence electrons. The van der Waals surface area contributed by atoms with E-state index in [4.69, 9.17) is 0 Å². The Morgan fingerprint density at radius 1 is 1.04 bits per heavy atom. The van der Waals surface area contributed by atoms with E-state index in [1.807, 2.05) is 42.5 Å². The van der Waals surface area contributed by atoms with E-state index in [0.717, 1.165) is 34.6 Å². The van der Waals surface area contributed by atoms with E-state index in [9.17, 15) is 8.42 Å². The van der Waals surface area contributed by atoms with Crippen LogP contribution in [0.15, 0.2) is 52.9 Å². The predicted molar refractivity (Wildman–Crippen MR) is 98.4 cm³/mol. The molecule has 0 radical (unpaired) electrons. The standard InChI is InChI=1S/C18H18N2O2S2/c21-24(22,13-14-6-2-1-3-7-14)18-19-16-9-8-15(12-17(16)23-18)20-10-4-5-11-20/h1-3,6-9,12H,4-5,10-11,13H2. The zero-order valence-electron chi connectivity index (χ0n) is 13.2. The van der Waals surface area contributed by atoms with Gasteiger partial charge >= 0.3 is 0 Å². The largest absolute Gasteiger partial charge is 0.371 e. The molecule has 0 saturated carbocycles. The molecule has 4 nitrogen and oxygen atoms in total. The Morgan fingerprint density at radius 3 is 2.54 bits per heavy atom. The quantitative estimate of drug-likeness (QED) is 0.710. The molecule has 2 heterocycles. The van der Waals surface area contributed by atoms with E-state index in [2.05, 4.69) is 16.0 Å². The van der Waals surface area contributed by atoms with Gasteiger partial charge in [-0.1, -0.05) is 30.3 Å². The van der Waals surface area contributed by atoms with Crippen LogP contribution in [0.1, 0.15) is 18.4 Å². The zero-order chi connectivity index (χ0) is 16.6. The van der Waals surface area contributed by atoms with Crippen LogP contribution in [-0.2, 0) is 15.6 Å². The first-order chi connectivity index (χ1) is 11.6. The molecule has 3 aromatic rings. The number of fused-ring (bicyclic) bond motifs is 1. The number of nitrogens with zero attached hydrogens (tertiary/aromatic N) is 2. The van der Waals surface area contributed by atoms with E-state index in [0.29, 0.717) is 0 Å². The molecule has 1 fully saturated rings. The summed E-state index contributed by atoms with van der Waals surface area (Å²) in [7, 11) is -3.41. The van der Waals surface area contributed by atoms with Gasteiger partial charge < -0.3 is 4.90 Å². The number of anilines is 1. The van der Waals surface area contributed by atoms with Crippen molar-refractivity contribution in [2.24, 2.45) is 0 Å². The van der Waals surface area contributed by atoms with Crippen LogP contribution in [0.2, 0.25) is 0 Å². The molecule has 0 N–H and O–H groups in total.